The van der Waals surface area contributed by atoms with Gasteiger partial charge in [-0.1, -0.05) is 48.5 Å². The van der Waals surface area contributed by atoms with Gasteiger partial charge in [-0.3, -0.25) is 4.79 Å². The summed E-state index contributed by atoms with van der Waals surface area (Å²) in [6, 6.07) is 0. The van der Waals surface area contributed by atoms with Crippen LogP contribution in [0.15, 0.2) is 0 Å². The molecule has 0 heterocycles. The Morgan fingerprint density at radius 3 is 2.20 bits per heavy atom. The fourth-order valence-corrected chi connectivity index (χ4v) is 10.9. The Labute approximate surface area is 212 Å². The van der Waals surface area contributed by atoms with E-state index in [0.717, 1.165) is 12.8 Å². The first kappa shape index (κ1) is 26.1. The first-order valence-electron chi connectivity index (χ1n) is 14.4. The van der Waals surface area contributed by atoms with E-state index in [9.17, 15) is 25.2 Å². The van der Waals surface area contributed by atoms with Crippen molar-refractivity contribution in [1.29, 1.82) is 0 Å². The molecule has 14 atom stereocenters. The predicted molar refractivity (Wildman–Crippen MR) is 135 cm³/mol. The number of carbonyl (C=O) groups is 1. The number of aliphatic hydroxyl groups excluding tert-OH is 3. The highest BCUT2D eigenvalue weighted by Crippen LogP contribution is 2.71. The molecule has 200 valence electrons. The molecule has 0 aromatic rings. The van der Waals surface area contributed by atoms with Crippen molar-refractivity contribution in [2.45, 2.75) is 117 Å². The lowest BCUT2D eigenvalue weighted by Gasteiger charge is -2.65. The number of carbonyl (C=O) groups excluding carboxylic acids is 1. The van der Waals surface area contributed by atoms with Crippen LogP contribution in [-0.4, -0.2) is 50.1 Å². The van der Waals surface area contributed by atoms with E-state index < -0.39 is 29.3 Å². The van der Waals surface area contributed by atoms with Crippen molar-refractivity contribution >= 4 is 5.78 Å². The van der Waals surface area contributed by atoms with Crippen molar-refractivity contribution in [1.82, 2.24) is 0 Å². The molecule has 5 saturated carbocycles. The van der Waals surface area contributed by atoms with E-state index in [2.05, 4.69) is 41.5 Å². The number of fused-ring (bicyclic) bond motifs is 5. The zero-order chi connectivity index (χ0) is 25.9. The third-order valence-corrected chi connectivity index (χ3v) is 13.4. The van der Waals surface area contributed by atoms with Crippen LogP contribution >= 0.6 is 0 Å². The molecule has 0 radical (unpaired) electrons. The number of rotatable bonds is 4. The monoisotopic (exact) mass is 490 g/mol. The molecule has 0 amide bonds. The number of Topliss-reactive ketones (excluding diaryl/α,β-unsaturated/α-hetero) is 1. The average molecular weight is 491 g/mol. The molecule has 35 heavy (non-hydrogen) atoms. The Morgan fingerprint density at radius 2 is 1.57 bits per heavy atom. The zero-order valence-electron chi connectivity index (χ0n) is 23.0. The lowest BCUT2D eigenvalue weighted by Crippen LogP contribution is -2.73. The highest BCUT2D eigenvalue weighted by atomic mass is 16.3. The van der Waals surface area contributed by atoms with E-state index in [1.807, 2.05) is 6.92 Å². The van der Waals surface area contributed by atoms with Gasteiger partial charge in [-0.15, -0.1) is 0 Å². The minimum absolute atomic E-state index is 0.0243. The van der Waals surface area contributed by atoms with Gasteiger partial charge in [0.25, 0.3) is 0 Å². The van der Waals surface area contributed by atoms with E-state index in [0.29, 0.717) is 47.3 Å². The number of hydrogen-bond donors (Lipinski definition) is 4. The lowest BCUT2D eigenvalue weighted by molar-refractivity contribution is -0.263. The second-order valence-corrected chi connectivity index (χ2v) is 14.8. The molecule has 0 aromatic heterocycles. The Balaban J connectivity index is 1.44. The third-order valence-electron chi connectivity index (χ3n) is 13.4. The molecule has 5 aliphatic carbocycles. The number of hydrogen-bond acceptors (Lipinski definition) is 5. The quantitative estimate of drug-likeness (QED) is 0.474. The molecule has 5 heteroatoms. The fraction of sp³-hybridized carbons (Fsp3) is 0.967. The van der Waals surface area contributed by atoms with Crippen LogP contribution in [0.2, 0.25) is 0 Å². The van der Waals surface area contributed by atoms with E-state index in [4.69, 9.17) is 0 Å². The molecular weight excluding hydrogens is 440 g/mol. The van der Waals surface area contributed by atoms with Gasteiger partial charge in [-0.25, -0.2) is 0 Å². The number of ketones is 1. The van der Waals surface area contributed by atoms with Gasteiger partial charge >= 0.3 is 0 Å². The molecule has 5 rings (SSSR count). The smallest absolute Gasteiger partial charge is 0.165 e. The molecule has 0 aromatic carbocycles. The Hall–Kier alpha value is -0.490. The van der Waals surface area contributed by atoms with E-state index >= 15 is 0 Å². The molecule has 0 spiro atoms. The highest BCUT2D eigenvalue weighted by Gasteiger charge is 2.73. The van der Waals surface area contributed by atoms with Crippen molar-refractivity contribution in [3.63, 3.8) is 0 Å². The van der Waals surface area contributed by atoms with Crippen LogP contribution in [0.3, 0.4) is 0 Å². The first-order chi connectivity index (χ1) is 16.1. The van der Waals surface area contributed by atoms with Crippen LogP contribution in [0.1, 0.15) is 93.4 Å². The first-order valence-corrected chi connectivity index (χ1v) is 14.4. The molecule has 0 aliphatic heterocycles. The summed E-state index contributed by atoms with van der Waals surface area (Å²) < 4.78 is 0. The molecule has 5 nitrogen and oxygen atoms in total. The van der Waals surface area contributed by atoms with Gasteiger partial charge < -0.3 is 20.4 Å². The maximum absolute atomic E-state index is 13.5. The summed E-state index contributed by atoms with van der Waals surface area (Å²) in [7, 11) is 0. The summed E-state index contributed by atoms with van der Waals surface area (Å²) in [4.78, 5) is 13.5. The van der Waals surface area contributed by atoms with Gasteiger partial charge in [0, 0.05) is 24.7 Å². The van der Waals surface area contributed by atoms with Crippen LogP contribution in [0, 0.1) is 63.6 Å². The Kier molecular flexibility index (Phi) is 5.98. The van der Waals surface area contributed by atoms with Gasteiger partial charge in [0.1, 0.15) is 5.60 Å². The summed E-state index contributed by atoms with van der Waals surface area (Å²) in [5.41, 5.74) is -2.53. The Morgan fingerprint density at radius 1 is 0.914 bits per heavy atom. The van der Waals surface area contributed by atoms with Crippen molar-refractivity contribution in [2.24, 2.45) is 63.6 Å². The standard InChI is InChI=1S/C30H50O5/c1-15(2)17(4)27(5)13-22(27)16(3)20-8-9-21-19-11-25(34)30(35)12-18(31)10-24(33)29(30,7)26(19)23(32)14-28(20,21)6/h15-24,26,31-33,35H,8-14H2,1-7H3/t16-,17+,18-,19-,20+,21-,22+,23+,24-,26+,27+,28+,29+,30+/m0/s1. The minimum atomic E-state index is -1.77. The second-order valence-electron chi connectivity index (χ2n) is 14.8. The van der Waals surface area contributed by atoms with E-state index in [1.165, 1.54) is 6.42 Å². The summed E-state index contributed by atoms with van der Waals surface area (Å²) in [6.07, 6.45) is 1.96. The largest absolute Gasteiger partial charge is 0.393 e. The minimum Gasteiger partial charge on any atom is -0.393 e. The zero-order valence-corrected chi connectivity index (χ0v) is 23.0. The van der Waals surface area contributed by atoms with Gasteiger partial charge in [0.15, 0.2) is 5.78 Å². The SMILES string of the molecule is CC(C)[C@@H](C)[C@@]1(C)C[C@@H]1[C@@H](C)[C@H]1CC[C@H]2[C@@H]3CC(=O)[C@]4(O)C[C@@H](O)C[C@H](O)[C@]4(C)[C@H]3[C@H](O)C[C@]12C. The van der Waals surface area contributed by atoms with Crippen molar-refractivity contribution < 1.29 is 25.2 Å². The normalized spacial score (nSPS) is 57.3. The molecule has 0 bridgehead atoms. The van der Waals surface area contributed by atoms with Gasteiger partial charge in [-0.05, 0) is 83.9 Å². The molecule has 4 N–H and O–H groups in total. The van der Waals surface area contributed by atoms with Crippen molar-refractivity contribution in [3.05, 3.63) is 0 Å². The van der Waals surface area contributed by atoms with Crippen molar-refractivity contribution in [3.8, 4) is 0 Å². The summed E-state index contributed by atoms with van der Waals surface area (Å²) in [5.74, 6) is 2.92. The van der Waals surface area contributed by atoms with Crippen LogP contribution in [0.4, 0.5) is 0 Å². The van der Waals surface area contributed by atoms with Gasteiger partial charge in [0.05, 0.1) is 18.3 Å². The summed E-state index contributed by atoms with van der Waals surface area (Å²) in [5, 5.41) is 44.8. The topological polar surface area (TPSA) is 98.0 Å². The Bertz CT molecular complexity index is 873. The molecule has 0 unspecified atom stereocenters. The molecular formula is C30H50O5. The van der Waals surface area contributed by atoms with Gasteiger partial charge in [-0.2, -0.15) is 0 Å². The summed E-state index contributed by atoms with van der Waals surface area (Å²) in [6.45, 7) is 16.2. The van der Waals surface area contributed by atoms with Crippen LogP contribution in [0.5, 0.6) is 0 Å². The van der Waals surface area contributed by atoms with Crippen LogP contribution in [-0.2, 0) is 4.79 Å². The fourth-order valence-electron chi connectivity index (χ4n) is 10.9. The van der Waals surface area contributed by atoms with Crippen LogP contribution in [0.25, 0.3) is 0 Å². The molecule has 0 saturated heterocycles. The van der Waals surface area contributed by atoms with Gasteiger partial charge in [0.2, 0.25) is 0 Å². The third kappa shape index (κ3) is 3.29. The highest BCUT2D eigenvalue weighted by molar-refractivity contribution is 5.90. The lowest BCUT2D eigenvalue weighted by atomic mass is 9.41. The maximum Gasteiger partial charge on any atom is 0.165 e. The van der Waals surface area contributed by atoms with E-state index in [-0.39, 0.29) is 42.3 Å². The maximum atomic E-state index is 13.5. The molecule has 5 fully saturated rings. The second kappa shape index (κ2) is 8.01. The van der Waals surface area contributed by atoms with Crippen molar-refractivity contribution in [2.75, 3.05) is 0 Å². The predicted octanol–water partition coefficient (Wildman–Crippen LogP) is 4.20. The average Bonchev–Trinajstić information content (AvgIpc) is 3.32. The number of aliphatic hydroxyl groups is 4. The van der Waals surface area contributed by atoms with E-state index in [1.54, 1.807) is 0 Å². The van der Waals surface area contributed by atoms with Crippen LogP contribution < -0.4 is 0 Å². The summed E-state index contributed by atoms with van der Waals surface area (Å²) >= 11 is 0. The molecule has 5 aliphatic rings.